The van der Waals surface area contributed by atoms with Gasteiger partial charge < -0.3 is 10.6 Å². The van der Waals surface area contributed by atoms with Crippen LogP contribution in [-0.4, -0.2) is 60.7 Å². The maximum absolute atomic E-state index is 5.96. The lowest BCUT2D eigenvalue weighted by Gasteiger charge is -2.39. The molecule has 0 amide bonds. The Hall–Kier alpha value is -0.780. The molecule has 0 radical (unpaired) electrons. The summed E-state index contributed by atoms with van der Waals surface area (Å²) in [5.41, 5.74) is 5.96. The predicted molar refractivity (Wildman–Crippen MR) is 88.5 cm³/mol. The fraction of sp³-hybridized carbons (Fsp3) is 0.667. The zero-order valence-electron chi connectivity index (χ0n) is 12.4. The Morgan fingerprint density at radius 1 is 1.30 bits per heavy atom. The molecule has 1 atom stereocenters. The Bertz CT molecular complexity index is 365. The minimum absolute atomic E-state index is 0.549. The number of hydrogen-bond acceptors (Lipinski definition) is 5. The number of rotatable bonds is 7. The van der Waals surface area contributed by atoms with Crippen molar-refractivity contribution < 1.29 is 0 Å². The molecule has 1 fully saturated rings. The summed E-state index contributed by atoms with van der Waals surface area (Å²) in [6, 6.07) is 6.66. The molecule has 0 spiro atoms. The van der Waals surface area contributed by atoms with Gasteiger partial charge in [-0.25, -0.2) is 4.98 Å². The van der Waals surface area contributed by atoms with Gasteiger partial charge in [-0.15, -0.1) is 0 Å². The summed E-state index contributed by atoms with van der Waals surface area (Å²) in [7, 11) is 0. The Morgan fingerprint density at radius 2 is 2.10 bits per heavy atom. The normalized spacial score (nSPS) is 18.2. The van der Waals surface area contributed by atoms with Crippen LogP contribution in [0.4, 0.5) is 5.82 Å². The van der Waals surface area contributed by atoms with Crippen LogP contribution in [0.15, 0.2) is 24.4 Å². The highest BCUT2D eigenvalue weighted by atomic mass is 32.2. The smallest absolute Gasteiger partial charge is 0.128 e. The Kier molecular flexibility index (Phi) is 6.63. The van der Waals surface area contributed by atoms with Gasteiger partial charge in [-0.2, -0.15) is 11.8 Å². The van der Waals surface area contributed by atoms with Crippen molar-refractivity contribution in [2.75, 3.05) is 49.6 Å². The van der Waals surface area contributed by atoms with E-state index in [1.54, 1.807) is 0 Å². The molecule has 0 bridgehead atoms. The second-order valence-corrected chi connectivity index (χ2v) is 6.22. The SMILES string of the molecule is CSCCCC(CN)N1CCN(c2ccccn2)CC1. The number of nitrogens with zero attached hydrogens (tertiary/aromatic N) is 3. The quantitative estimate of drug-likeness (QED) is 0.775. The van der Waals surface area contributed by atoms with Crippen molar-refractivity contribution in [3.63, 3.8) is 0 Å². The summed E-state index contributed by atoms with van der Waals surface area (Å²) in [6.07, 6.45) is 6.53. The van der Waals surface area contributed by atoms with Crippen LogP contribution in [0, 0.1) is 0 Å². The van der Waals surface area contributed by atoms with E-state index >= 15 is 0 Å². The van der Waals surface area contributed by atoms with Crippen LogP contribution in [-0.2, 0) is 0 Å². The maximum Gasteiger partial charge on any atom is 0.128 e. The summed E-state index contributed by atoms with van der Waals surface area (Å²) in [5.74, 6) is 2.34. The largest absolute Gasteiger partial charge is 0.354 e. The topological polar surface area (TPSA) is 45.4 Å². The second-order valence-electron chi connectivity index (χ2n) is 5.24. The molecule has 1 unspecified atom stereocenters. The lowest BCUT2D eigenvalue weighted by Crippen LogP contribution is -2.52. The molecule has 0 aromatic carbocycles. The number of nitrogens with two attached hydrogens (primary N) is 1. The number of piperazine rings is 1. The molecule has 1 aliphatic rings. The van der Waals surface area contributed by atoms with E-state index in [0.717, 1.165) is 38.5 Å². The molecule has 2 rings (SSSR count). The minimum Gasteiger partial charge on any atom is -0.354 e. The van der Waals surface area contributed by atoms with Crippen LogP contribution >= 0.6 is 11.8 Å². The fourth-order valence-corrected chi connectivity index (χ4v) is 3.23. The van der Waals surface area contributed by atoms with Gasteiger partial charge >= 0.3 is 0 Å². The second kappa shape index (κ2) is 8.49. The molecule has 1 aliphatic heterocycles. The van der Waals surface area contributed by atoms with E-state index in [-0.39, 0.29) is 0 Å². The molecular formula is C15H26N4S. The molecule has 0 aliphatic carbocycles. The molecule has 1 saturated heterocycles. The summed E-state index contributed by atoms with van der Waals surface area (Å²) in [5, 5.41) is 0. The van der Waals surface area contributed by atoms with Gasteiger partial charge in [-0.05, 0) is 37.0 Å². The summed E-state index contributed by atoms with van der Waals surface area (Å²) >= 11 is 1.92. The predicted octanol–water partition coefficient (Wildman–Crippen LogP) is 1.67. The molecular weight excluding hydrogens is 268 g/mol. The van der Waals surface area contributed by atoms with Gasteiger partial charge in [0, 0.05) is 45.0 Å². The van der Waals surface area contributed by atoms with Crippen LogP contribution in [0.25, 0.3) is 0 Å². The zero-order chi connectivity index (χ0) is 14.2. The van der Waals surface area contributed by atoms with Gasteiger partial charge in [0.1, 0.15) is 5.82 Å². The van der Waals surface area contributed by atoms with E-state index in [1.165, 1.54) is 18.6 Å². The fourth-order valence-electron chi connectivity index (χ4n) is 2.77. The first-order valence-corrected chi connectivity index (χ1v) is 8.83. The maximum atomic E-state index is 5.96. The van der Waals surface area contributed by atoms with Crippen LogP contribution in [0.2, 0.25) is 0 Å². The van der Waals surface area contributed by atoms with E-state index in [0.29, 0.717) is 6.04 Å². The van der Waals surface area contributed by atoms with Crippen molar-refractivity contribution >= 4 is 17.6 Å². The van der Waals surface area contributed by atoms with E-state index < -0.39 is 0 Å². The third-order valence-electron chi connectivity index (χ3n) is 3.96. The van der Waals surface area contributed by atoms with Gasteiger partial charge in [-0.1, -0.05) is 6.07 Å². The van der Waals surface area contributed by atoms with E-state index in [2.05, 4.69) is 33.2 Å². The third kappa shape index (κ3) is 4.36. The molecule has 20 heavy (non-hydrogen) atoms. The average molecular weight is 294 g/mol. The van der Waals surface area contributed by atoms with Crippen molar-refractivity contribution in [1.29, 1.82) is 0 Å². The highest BCUT2D eigenvalue weighted by Gasteiger charge is 2.23. The van der Waals surface area contributed by atoms with Crippen LogP contribution in [0.3, 0.4) is 0 Å². The Morgan fingerprint density at radius 3 is 2.70 bits per heavy atom. The van der Waals surface area contributed by atoms with Gasteiger partial charge in [0.05, 0.1) is 0 Å². The van der Waals surface area contributed by atoms with Crippen LogP contribution in [0.1, 0.15) is 12.8 Å². The molecule has 4 nitrogen and oxygen atoms in total. The van der Waals surface area contributed by atoms with Gasteiger partial charge in [-0.3, -0.25) is 4.90 Å². The van der Waals surface area contributed by atoms with Crippen molar-refractivity contribution in [2.24, 2.45) is 5.73 Å². The van der Waals surface area contributed by atoms with Gasteiger partial charge in [0.2, 0.25) is 0 Å². The zero-order valence-corrected chi connectivity index (χ0v) is 13.2. The molecule has 2 heterocycles. The standard InChI is InChI=1S/C15H26N4S/c1-20-12-4-5-14(13-16)18-8-10-19(11-9-18)15-6-2-3-7-17-15/h2-3,6-7,14H,4-5,8-13,16H2,1H3. The average Bonchev–Trinajstić information content (AvgIpc) is 2.53. The summed E-state index contributed by atoms with van der Waals surface area (Å²) < 4.78 is 0. The van der Waals surface area contributed by atoms with Crippen molar-refractivity contribution in [1.82, 2.24) is 9.88 Å². The van der Waals surface area contributed by atoms with Crippen molar-refractivity contribution in [2.45, 2.75) is 18.9 Å². The third-order valence-corrected chi connectivity index (χ3v) is 4.66. The Balaban J connectivity index is 1.80. The lowest BCUT2D eigenvalue weighted by atomic mass is 10.1. The first kappa shape index (κ1) is 15.6. The Labute approximate surface area is 126 Å². The van der Waals surface area contributed by atoms with Gasteiger partial charge in [0.15, 0.2) is 0 Å². The van der Waals surface area contributed by atoms with Gasteiger partial charge in [0.25, 0.3) is 0 Å². The lowest BCUT2D eigenvalue weighted by molar-refractivity contribution is 0.179. The number of aromatic nitrogens is 1. The molecule has 5 heteroatoms. The van der Waals surface area contributed by atoms with Crippen molar-refractivity contribution in [3.05, 3.63) is 24.4 Å². The number of anilines is 1. The molecule has 1 aromatic rings. The van der Waals surface area contributed by atoms with Crippen LogP contribution < -0.4 is 10.6 Å². The van der Waals surface area contributed by atoms with E-state index in [9.17, 15) is 0 Å². The highest BCUT2D eigenvalue weighted by molar-refractivity contribution is 7.98. The minimum atomic E-state index is 0.549. The van der Waals surface area contributed by atoms with E-state index in [1.807, 2.05) is 24.0 Å². The summed E-state index contributed by atoms with van der Waals surface area (Å²) in [4.78, 5) is 9.36. The monoisotopic (exact) mass is 294 g/mol. The van der Waals surface area contributed by atoms with Crippen molar-refractivity contribution in [3.8, 4) is 0 Å². The highest BCUT2D eigenvalue weighted by Crippen LogP contribution is 2.16. The van der Waals surface area contributed by atoms with E-state index in [4.69, 9.17) is 5.73 Å². The first-order valence-electron chi connectivity index (χ1n) is 7.44. The molecule has 1 aromatic heterocycles. The van der Waals surface area contributed by atoms with Crippen LogP contribution in [0.5, 0.6) is 0 Å². The summed E-state index contributed by atoms with van der Waals surface area (Å²) in [6.45, 7) is 5.07. The number of pyridine rings is 1. The number of hydrogen-bond donors (Lipinski definition) is 1. The molecule has 0 saturated carbocycles. The molecule has 2 N–H and O–H groups in total. The number of thioether (sulfide) groups is 1. The molecule has 112 valence electrons. The first-order chi connectivity index (χ1) is 9.85.